The van der Waals surface area contributed by atoms with E-state index in [-0.39, 0.29) is 0 Å². The van der Waals surface area contributed by atoms with Crippen LogP contribution in [-0.2, 0) is 0 Å². The zero-order chi connectivity index (χ0) is 9.98. The van der Waals surface area contributed by atoms with E-state index in [4.69, 9.17) is 0 Å². The fourth-order valence-corrected chi connectivity index (χ4v) is 1.27. The minimum absolute atomic E-state index is 0.833. The quantitative estimate of drug-likeness (QED) is 0.624. The summed E-state index contributed by atoms with van der Waals surface area (Å²) >= 11 is 4.23. The van der Waals surface area contributed by atoms with E-state index in [9.17, 15) is 0 Å². The van der Waals surface area contributed by atoms with Gasteiger partial charge in [0.1, 0.15) is 0 Å². The van der Waals surface area contributed by atoms with E-state index >= 15 is 0 Å². The Labute approximate surface area is 84.5 Å². The fourth-order valence-electron chi connectivity index (χ4n) is 0.833. The van der Waals surface area contributed by atoms with Crippen LogP contribution in [0.1, 0.15) is 53.9 Å². The van der Waals surface area contributed by atoms with Crippen molar-refractivity contribution in [3.8, 4) is 0 Å². The zero-order valence-electron chi connectivity index (χ0n) is 9.43. The molecule has 0 spiro atoms. The maximum Gasteiger partial charge on any atom is -0.00696 e. The second kappa shape index (κ2) is 11.4. The molecule has 0 aliphatic carbocycles. The summed E-state index contributed by atoms with van der Waals surface area (Å²) in [6, 6.07) is 0. The molecule has 0 radical (unpaired) electrons. The van der Waals surface area contributed by atoms with Crippen LogP contribution in [0.5, 0.6) is 0 Å². The lowest BCUT2D eigenvalue weighted by atomic mass is 10.0. The molecule has 0 rings (SSSR count). The van der Waals surface area contributed by atoms with Crippen molar-refractivity contribution in [1.82, 2.24) is 0 Å². The van der Waals surface area contributed by atoms with Crippen LogP contribution in [-0.4, -0.2) is 5.75 Å². The third-order valence-electron chi connectivity index (χ3n) is 1.53. The van der Waals surface area contributed by atoms with E-state index in [0.29, 0.717) is 0 Å². The third kappa shape index (κ3) is 16.7. The molecule has 0 heterocycles. The van der Waals surface area contributed by atoms with Gasteiger partial charge in [0.2, 0.25) is 0 Å². The maximum atomic E-state index is 4.23. The summed E-state index contributed by atoms with van der Waals surface area (Å²) in [5.41, 5.74) is 0. The molecule has 12 heavy (non-hydrogen) atoms. The first-order valence-electron chi connectivity index (χ1n) is 5.19. The van der Waals surface area contributed by atoms with Gasteiger partial charge in [-0.3, -0.25) is 0 Å². The van der Waals surface area contributed by atoms with Gasteiger partial charge in [-0.2, -0.15) is 12.6 Å². The van der Waals surface area contributed by atoms with E-state index in [2.05, 4.69) is 47.2 Å². The van der Waals surface area contributed by atoms with Gasteiger partial charge in [-0.25, -0.2) is 0 Å². The molecule has 0 saturated carbocycles. The Balaban J connectivity index is 0. The van der Waals surface area contributed by atoms with Crippen LogP contribution in [0.25, 0.3) is 0 Å². The van der Waals surface area contributed by atoms with Crippen molar-refractivity contribution in [1.29, 1.82) is 0 Å². The van der Waals surface area contributed by atoms with Crippen molar-refractivity contribution in [2.45, 2.75) is 53.9 Å². The lowest BCUT2D eigenvalue weighted by molar-refractivity contribution is 0.519. The summed E-state index contributed by atoms with van der Waals surface area (Å²) in [6.07, 6.45) is 3.94. The fraction of sp³-hybridized carbons (Fsp3) is 1.00. The lowest BCUT2D eigenvalue weighted by Crippen LogP contribution is -1.98. The predicted octanol–water partition coefficient (Wildman–Crippen LogP) is 4.40. The molecule has 0 bridgehead atoms. The van der Waals surface area contributed by atoms with Crippen LogP contribution in [0.2, 0.25) is 0 Å². The van der Waals surface area contributed by atoms with Gasteiger partial charge in [0.05, 0.1) is 0 Å². The van der Waals surface area contributed by atoms with E-state index in [1.165, 1.54) is 19.3 Å². The normalized spacial score (nSPS) is 12.2. The summed E-state index contributed by atoms with van der Waals surface area (Å²) in [5.74, 6) is 2.76. The Morgan fingerprint density at radius 1 is 1.08 bits per heavy atom. The van der Waals surface area contributed by atoms with Crippen LogP contribution in [0, 0.1) is 11.8 Å². The molecule has 1 heteroatoms. The molecule has 0 aromatic heterocycles. The lowest BCUT2D eigenvalue weighted by Gasteiger charge is -2.07. The van der Waals surface area contributed by atoms with Crippen molar-refractivity contribution in [3.63, 3.8) is 0 Å². The second-order valence-corrected chi connectivity index (χ2v) is 4.34. The topological polar surface area (TPSA) is 0 Å². The summed E-state index contributed by atoms with van der Waals surface area (Å²) in [4.78, 5) is 0. The molecule has 0 amide bonds. The molecular weight excluding hydrogens is 164 g/mol. The predicted molar refractivity (Wildman–Crippen MR) is 63.1 cm³/mol. The highest BCUT2D eigenvalue weighted by Crippen LogP contribution is 2.10. The van der Waals surface area contributed by atoms with E-state index in [1.54, 1.807) is 0 Å². The van der Waals surface area contributed by atoms with Gasteiger partial charge < -0.3 is 0 Å². The highest BCUT2D eigenvalue weighted by Gasteiger charge is 1.99. The number of thiol groups is 1. The first kappa shape index (κ1) is 14.9. The summed E-state index contributed by atoms with van der Waals surface area (Å²) in [7, 11) is 0. The van der Waals surface area contributed by atoms with Gasteiger partial charge in [-0.05, 0) is 24.0 Å². The maximum absolute atomic E-state index is 4.23. The Hall–Kier alpha value is 0.350. The van der Waals surface area contributed by atoms with Gasteiger partial charge in [-0.15, -0.1) is 0 Å². The molecule has 0 nitrogen and oxygen atoms in total. The van der Waals surface area contributed by atoms with Gasteiger partial charge in [0, 0.05) is 0 Å². The van der Waals surface area contributed by atoms with Crippen LogP contribution in [0.15, 0.2) is 0 Å². The molecule has 0 aromatic carbocycles. The Morgan fingerprint density at radius 2 is 1.50 bits per heavy atom. The van der Waals surface area contributed by atoms with Crippen LogP contribution < -0.4 is 0 Å². The van der Waals surface area contributed by atoms with Gasteiger partial charge >= 0.3 is 0 Å². The number of hydrogen-bond acceptors (Lipinski definition) is 1. The van der Waals surface area contributed by atoms with E-state index in [0.717, 1.165) is 17.6 Å². The molecule has 1 atom stereocenters. The summed E-state index contributed by atoms with van der Waals surface area (Å²) < 4.78 is 0. The molecule has 0 aliphatic rings. The molecule has 76 valence electrons. The smallest absolute Gasteiger partial charge is 0.00696 e. The molecule has 0 aromatic rings. The van der Waals surface area contributed by atoms with E-state index in [1.807, 2.05) is 0 Å². The van der Waals surface area contributed by atoms with Crippen LogP contribution >= 0.6 is 12.6 Å². The monoisotopic (exact) mass is 190 g/mol. The highest BCUT2D eigenvalue weighted by atomic mass is 32.1. The number of hydrogen-bond donors (Lipinski definition) is 1. The van der Waals surface area contributed by atoms with Crippen molar-refractivity contribution < 1.29 is 0 Å². The molecule has 0 fully saturated rings. The van der Waals surface area contributed by atoms with E-state index < -0.39 is 0 Å². The van der Waals surface area contributed by atoms with Crippen LogP contribution in [0.4, 0.5) is 0 Å². The average molecular weight is 190 g/mol. The largest absolute Gasteiger partial charge is 0.179 e. The first-order chi connectivity index (χ1) is 5.58. The standard InChI is InChI=1S/C7H16S.C4H10/c1-3-5-7(4-2)6-8;1-4(2)3/h7-8H,3-6H2,1-2H3;4H,1-3H3. The number of rotatable bonds is 4. The molecule has 1 unspecified atom stereocenters. The highest BCUT2D eigenvalue weighted by molar-refractivity contribution is 7.80. The Bertz CT molecular complexity index is 62.6. The molecule has 0 N–H and O–H groups in total. The average Bonchev–Trinajstić information content (AvgIpc) is 1.99. The molecule has 0 saturated heterocycles. The van der Waals surface area contributed by atoms with Crippen molar-refractivity contribution in [2.24, 2.45) is 11.8 Å². The summed E-state index contributed by atoms with van der Waals surface area (Å²) in [5, 5.41) is 0. The zero-order valence-corrected chi connectivity index (χ0v) is 10.3. The Kier molecular flexibility index (Phi) is 14.0. The second-order valence-electron chi connectivity index (χ2n) is 3.98. The van der Waals surface area contributed by atoms with Gasteiger partial charge in [0.15, 0.2) is 0 Å². The van der Waals surface area contributed by atoms with Gasteiger partial charge in [-0.1, -0.05) is 47.5 Å². The van der Waals surface area contributed by atoms with Gasteiger partial charge in [0.25, 0.3) is 0 Å². The molecular formula is C11H26S. The minimum atomic E-state index is 0.833. The van der Waals surface area contributed by atoms with Crippen molar-refractivity contribution in [3.05, 3.63) is 0 Å². The third-order valence-corrected chi connectivity index (χ3v) is 2.05. The Morgan fingerprint density at radius 3 is 1.58 bits per heavy atom. The summed E-state index contributed by atoms with van der Waals surface area (Å²) in [6.45, 7) is 11.0. The molecule has 0 aliphatic heterocycles. The first-order valence-corrected chi connectivity index (χ1v) is 5.82. The SMILES string of the molecule is CC(C)C.CCCC(CC)CS. The van der Waals surface area contributed by atoms with Crippen LogP contribution in [0.3, 0.4) is 0 Å². The van der Waals surface area contributed by atoms with Crippen molar-refractivity contribution >= 4 is 12.6 Å². The minimum Gasteiger partial charge on any atom is -0.179 e. The van der Waals surface area contributed by atoms with Crippen molar-refractivity contribution in [2.75, 3.05) is 5.75 Å².